The van der Waals surface area contributed by atoms with Crippen LogP contribution in [-0.4, -0.2) is 32.2 Å². The lowest BCUT2D eigenvalue weighted by Gasteiger charge is -2.22. The lowest BCUT2D eigenvalue weighted by Crippen LogP contribution is -2.12. The summed E-state index contributed by atoms with van der Waals surface area (Å²) in [5, 5.41) is 1.36. The third-order valence-corrected chi connectivity index (χ3v) is 4.63. The smallest absolute Gasteiger partial charge is 0.404 e. The quantitative estimate of drug-likeness (QED) is 0.603. The van der Waals surface area contributed by atoms with Gasteiger partial charge in [-0.25, -0.2) is 0 Å². The minimum absolute atomic E-state index is 0.133. The number of hydrogen-bond acceptors (Lipinski definition) is 1. The molecule has 3 heteroatoms. The molecule has 0 fully saturated rings. The summed E-state index contributed by atoms with van der Waals surface area (Å²) in [4.78, 5) is 0. The predicted octanol–water partition coefficient (Wildman–Crippen LogP) is 1.39. The van der Waals surface area contributed by atoms with Crippen LogP contribution in [-0.2, 0) is 2.84 Å². The Morgan fingerprint density at radius 2 is 2.00 bits per heavy atom. The molecule has 64 valence electrons. The van der Waals surface area contributed by atoms with Crippen molar-refractivity contribution in [1.29, 1.82) is 0 Å². The second-order valence-electron chi connectivity index (χ2n) is 4.65. The van der Waals surface area contributed by atoms with Gasteiger partial charge in [-0.15, -0.1) is 0 Å². The molecule has 1 nitrogen and oxygen atoms in total. The van der Waals surface area contributed by atoms with E-state index in [1.807, 2.05) is 0 Å². The molecule has 1 atom stereocenters. The minimum Gasteiger partial charge on any atom is -0.644 e. The van der Waals surface area contributed by atoms with Gasteiger partial charge in [0, 0.05) is 0 Å². The molecule has 0 spiro atoms. The summed E-state index contributed by atoms with van der Waals surface area (Å²) in [5.41, 5.74) is 0.499. The fourth-order valence-electron chi connectivity index (χ4n) is 1.47. The van der Waals surface area contributed by atoms with Crippen LogP contribution in [0.5, 0.6) is 0 Å². The zero-order valence-corrected chi connectivity index (χ0v) is 12.0. The zero-order valence-electron chi connectivity index (χ0n) is 8.61. The summed E-state index contributed by atoms with van der Waals surface area (Å²) in [5.74, 6) is 0.871. The third kappa shape index (κ3) is 8.94. The molecule has 0 saturated carbocycles. The van der Waals surface area contributed by atoms with Crippen molar-refractivity contribution in [2.24, 2.45) is 11.3 Å². The maximum atomic E-state index is 5.30. The average molecular weight is 186 g/mol. The van der Waals surface area contributed by atoms with Crippen molar-refractivity contribution in [3.05, 3.63) is 0 Å². The van der Waals surface area contributed by atoms with Gasteiger partial charge in [0.15, 0.2) is 0 Å². The van der Waals surface area contributed by atoms with Crippen molar-refractivity contribution in [1.82, 2.24) is 0 Å². The van der Waals surface area contributed by atoms with E-state index in [-0.39, 0.29) is 15.6 Å². The molecule has 0 aromatic rings. The molecule has 0 saturated heterocycles. The first-order valence-electron chi connectivity index (χ1n) is 4.44. The highest BCUT2D eigenvalue weighted by Gasteiger charge is 2.15. The normalized spacial score (nSPS) is 14.5. The van der Waals surface area contributed by atoms with Gasteiger partial charge in [-0.05, 0) is 11.8 Å². The molecule has 0 heterocycles. The molecule has 0 rings (SSSR count). The van der Waals surface area contributed by atoms with Crippen LogP contribution in [0.3, 0.4) is 0 Å². The molecule has 0 amide bonds. The summed E-state index contributed by atoms with van der Waals surface area (Å²) in [6, 6.07) is 0. The molecule has 0 aliphatic heterocycles. The van der Waals surface area contributed by atoms with E-state index in [2.05, 4.69) is 27.7 Å². The second-order valence-corrected chi connectivity index (χ2v) is 7.95. The SMILES string of the molecule is CC([CH2][AlH][O][AlH2])CC(C)(C)C. The molecule has 0 aromatic carbocycles. The molecule has 0 N–H and O–H groups in total. The lowest BCUT2D eigenvalue weighted by atomic mass is 9.86. The highest BCUT2D eigenvalue weighted by atomic mass is 27.2. The standard InChI is InChI=1S/C8H17.2Al.O.3H/c1-7(2)6-8(3,4)5;;;;;;/h7H,1,6H2,2-5H3;;;;;;. The van der Waals surface area contributed by atoms with Crippen LogP contribution in [0.2, 0.25) is 5.28 Å². The van der Waals surface area contributed by atoms with Gasteiger partial charge >= 0.3 is 32.2 Å². The van der Waals surface area contributed by atoms with Gasteiger partial charge in [0.05, 0.1) is 0 Å². The molecule has 11 heavy (non-hydrogen) atoms. The Bertz CT molecular complexity index is 98.8. The molecule has 0 aliphatic rings. The van der Waals surface area contributed by atoms with Crippen molar-refractivity contribution in [2.75, 3.05) is 0 Å². The molecule has 0 radical (unpaired) electrons. The van der Waals surface area contributed by atoms with Gasteiger partial charge in [0.25, 0.3) is 0 Å². The molecular weight excluding hydrogens is 166 g/mol. The molecule has 0 aliphatic carbocycles. The molecule has 0 bridgehead atoms. The Hall–Kier alpha value is 1.02. The van der Waals surface area contributed by atoms with Crippen LogP contribution in [0.1, 0.15) is 34.1 Å². The van der Waals surface area contributed by atoms with Crippen molar-refractivity contribution < 1.29 is 2.84 Å². The zero-order chi connectivity index (χ0) is 8.91. The van der Waals surface area contributed by atoms with Crippen LogP contribution in [0.4, 0.5) is 0 Å². The fourth-order valence-corrected chi connectivity index (χ4v) is 3.02. The largest absolute Gasteiger partial charge is 0.644 e. The van der Waals surface area contributed by atoms with Crippen LogP contribution >= 0.6 is 0 Å². The second kappa shape index (κ2) is 5.63. The monoisotopic (exact) mass is 186 g/mol. The van der Waals surface area contributed by atoms with Crippen molar-refractivity contribution in [3.63, 3.8) is 0 Å². The Morgan fingerprint density at radius 3 is 2.36 bits per heavy atom. The van der Waals surface area contributed by atoms with Crippen molar-refractivity contribution in [2.45, 2.75) is 39.4 Å². The summed E-state index contributed by atoms with van der Waals surface area (Å²) in [6.45, 7) is 9.28. The summed E-state index contributed by atoms with van der Waals surface area (Å²) in [6.07, 6.45) is 1.34. The number of hydrogen-bond donors (Lipinski definition) is 0. The molecule has 0 aromatic heterocycles. The summed E-state index contributed by atoms with van der Waals surface area (Å²) >= 11 is 0.815. The van der Waals surface area contributed by atoms with Gasteiger partial charge < -0.3 is 2.84 Å². The lowest BCUT2D eigenvalue weighted by molar-refractivity contribution is 0.318. The van der Waals surface area contributed by atoms with Crippen molar-refractivity contribution >= 4 is 32.2 Å². The van der Waals surface area contributed by atoms with E-state index in [1.54, 1.807) is 0 Å². The van der Waals surface area contributed by atoms with Crippen LogP contribution in [0.25, 0.3) is 0 Å². The van der Waals surface area contributed by atoms with Gasteiger partial charge in [-0.3, -0.25) is 0 Å². The summed E-state index contributed by atoms with van der Waals surface area (Å²) in [7, 11) is 0. The maximum absolute atomic E-state index is 5.30. The first-order valence-corrected chi connectivity index (χ1v) is 6.84. The van der Waals surface area contributed by atoms with E-state index >= 15 is 0 Å². The van der Waals surface area contributed by atoms with E-state index in [4.69, 9.17) is 2.84 Å². The average Bonchev–Trinajstić information content (AvgIpc) is 1.79. The van der Waals surface area contributed by atoms with E-state index in [9.17, 15) is 0 Å². The highest BCUT2D eigenvalue weighted by Crippen LogP contribution is 2.25. The van der Waals surface area contributed by atoms with E-state index in [1.165, 1.54) is 11.7 Å². The van der Waals surface area contributed by atoms with Gasteiger partial charge in [-0.1, -0.05) is 38.9 Å². The van der Waals surface area contributed by atoms with Gasteiger partial charge in [0.2, 0.25) is 0 Å². The topological polar surface area (TPSA) is 9.23 Å². The van der Waals surface area contributed by atoms with E-state index in [0.29, 0.717) is 5.41 Å². The highest BCUT2D eigenvalue weighted by molar-refractivity contribution is 6.34. The van der Waals surface area contributed by atoms with Crippen LogP contribution in [0.15, 0.2) is 0 Å². The minimum atomic E-state index is -0.133. The molecular formula is C8H20Al2O. The first kappa shape index (κ1) is 12.0. The third-order valence-electron chi connectivity index (χ3n) is 1.78. The van der Waals surface area contributed by atoms with E-state index in [0.717, 1.165) is 22.5 Å². The Balaban J connectivity index is 3.44. The predicted molar refractivity (Wildman–Crippen MR) is 54.8 cm³/mol. The Kier molecular flexibility index (Phi) is 6.16. The fraction of sp³-hybridized carbons (Fsp3) is 1.00. The van der Waals surface area contributed by atoms with E-state index < -0.39 is 0 Å². The number of rotatable bonds is 4. The summed E-state index contributed by atoms with van der Waals surface area (Å²) < 4.78 is 5.30. The van der Waals surface area contributed by atoms with Crippen LogP contribution < -0.4 is 0 Å². The van der Waals surface area contributed by atoms with Gasteiger partial charge in [-0.2, -0.15) is 0 Å². The first-order chi connectivity index (χ1) is 4.95. The Morgan fingerprint density at radius 1 is 1.45 bits per heavy atom. The van der Waals surface area contributed by atoms with Gasteiger partial charge in [0.1, 0.15) is 0 Å². The van der Waals surface area contributed by atoms with Crippen LogP contribution in [0, 0.1) is 11.3 Å². The Labute approximate surface area is 85.7 Å². The van der Waals surface area contributed by atoms with Crippen molar-refractivity contribution in [3.8, 4) is 0 Å². The maximum Gasteiger partial charge on any atom is 0.404 e. The molecule has 1 unspecified atom stereocenters.